The Labute approximate surface area is 105 Å². The van der Waals surface area contributed by atoms with E-state index in [1.807, 2.05) is 11.4 Å². The van der Waals surface area contributed by atoms with E-state index in [4.69, 9.17) is 10.5 Å². The molecule has 0 saturated carbocycles. The van der Waals surface area contributed by atoms with Crippen LogP contribution in [-0.4, -0.2) is 32.3 Å². The number of methoxy groups -OCH3 is 2. The second kappa shape index (κ2) is 6.61. The van der Waals surface area contributed by atoms with Gasteiger partial charge in [-0.15, -0.1) is 0 Å². The number of nitrogens with two attached hydrogens (primary N) is 1. The van der Waals surface area contributed by atoms with Crippen LogP contribution in [0.5, 0.6) is 5.75 Å². The summed E-state index contributed by atoms with van der Waals surface area (Å²) < 4.78 is 9.37. The molecule has 0 bridgehead atoms. The second-order valence-corrected chi connectivity index (χ2v) is 3.64. The molecule has 0 heterocycles. The Bertz CT molecular complexity index is 434. The average Bonchev–Trinajstić information content (AvgIpc) is 2.38. The third kappa shape index (κ3) is 4.06. The van der Waals surface area contributed by atoms with E-state index >= 15 is 0 Å². The second-order valence-electron chi connectivity index (χ2n) is 3.64. The first-order chi connectivity index (χ1) is 8.56. The number of hydrogen-bond acceptors (Lipinski definition) is 5. The normalized spacial score (nSPS) is 11.5. The van der Waals surface area contributed by atoms with Crippen LogP contribution in [0.2, 0.25) is 0 Å². The molecule has 0 aromatic heterocycles. The van der Waals surface area contributed by atoms with E-state index in [9.17, 15) is 9.59 Å². The highest BCUT2D eigenvalue weighted by molar-refractivity contribution is 5.94. The molecular weight excluding hydrogens is 236 g/mol. The van der Waals surface area contributed by atoms with Gasteiger partial charge in [0.15, 0.2) is 0 Å². The van der Waals surface area contributed by atoms with Crippen molar-refractivity contribution in [2.24, 2.45) is 5.73 Å². The highest BCUT2D eigenvalue weighted by atomic mass is 16.5. The number of carbonyl (C=O) groups is 2. The highest BCUT2D eigenvalue weighted by Crippen LogP contribution is 2.13. The van der Waals surface area contributed by atoms with Crippen molar-refractivity contribution >= 4 is 12.0 Å². The minimum atomic E-state index is -0.823. The number of benzene rings is 1. The Kier molecular flexibility index (Phi) is 5.13. The number of nitrogens with one attached hydrogen (secondary N) is 1. The largest absolute Gasteiger partial charge is 0.497 e. The quantitative estimate of drug-likeness (QED) is 0.811. The zero-order valence-corrected chi connectivity index (χ0v) is 10.3. The van der Waals surface area contributed by atoms with Gasteiger partial charge in [-0.1, -0.05) is 12.1 Å². The molecule has 0 unspecified atom stereocenters. The molecule has 1 aromatic rings. The van der Waals surface area contributed by atoms with E-state index in [0.29, 0.717) is 12.2 Å². The zero-order chi connectivity index (χ0) is 13.5. The molecular formula is C12H16N2O4. The molecule has 0 aliphatic carbocycles. The molecule has 2 amide bonds. The Morgan fingerprint density at radius 1 is 1.39 bits per heavy atom. The molecule has 0 radical (unpaired) electrons. The molecule has 0 aliphatic heterocycles. The van der Waals surface area contributed by atoms with Crippen LogP contribution in [0.15, 0.2) is 24.3 Å². The molecule has 98 valence electrons. The molecule has 6 heteroatoms. The predicted octanol–water partition coefficient (Wildman–Crippen LogP) is 0.448. The molecule has 3 N–H and O–H groups in total. The Morgan fingerprint density at radius 3 is 2.72 bits per heavy atom. The molecule has 0 aliphatic rings. The molecule has 1 aromatic carbocycles. The van der Waals surface area contributed by atoms with Crippen molar-refractivity contribution in [1.82, 2.24) is 5.32 Å². The number of rotatable bonds is 4. The van der Waals surface area contributed by atoms with Gasteiger partial charge in [0.25, 0.3) is 0 Å². The Balaban J connectivity index is 2.60. The molecule has 1 atom stereocenters. The fraction of sp³-hybridized carbons (Fsp3) is 0.333. The number of ether oxygens (including phenoxy) is 2. The minimum absolute atomic E-state index is 0.306. The van der Waals surface area contributed by atoms with E-state index in [1.54, 1.807) is 25.3 Å². The summed E-state index contributed by atoms with van der Waals surface area (Å²) in [6.07, 6.45) is -0.513. The SMILES string of the molecule is COC(=O)NC(=O)[C@@H](N)Cc1cccc(OC)c1. The standard InChI is InChI=1S/C12H16N2O4/c1-17-9-5-3-4-8(6-9)7-10(13)11(15)14-12(16)18-2/h3-6,10H,7,13H2,1-2H3,(H,14,15,16)/t10-/m0/s1. The number of amides is 2. The van der Waals surface area contributed by atoms with Crippen molar-refractivity contribution in [1.29, 1.82) is 0 Å². The Morgan fingerprint density at radius 2 is 2.11 bits per heavy atom. The summed E-state index contributed by atoms with van der Waals surface area (Å²) in [6, 6.07) is 6.39. The van der Waals surface area contributed by atoms with Crippen LogP contribution >= 0.6 is 0 Å². The summed E-state index contributed by atoms with van der Waals surface area (Å²) in [7, 11) is 2.74. The maximum absolute atomic E-state index is 11.5. The van der Waals surface area contributed by atoms with Crippen LogP contribution in [0.3, 0.4) is 0 Å². The van der Waals surface area contributed by atoms with Gasteiger partial charge in [0.1, 0.15) is 5.75 Å². The topological polar surface area (TPSA) is 90.7 Å². The van der Waals surface area contributed by atoms with Crippen LogP contribution in [0, 0.1) is 0 Å². The predicted molar refractivity (Wildman–Crippen MR) is 65.2 cm³/mol. The van der Waals surface area contributed by atoms with Gasteiger partial charge >= 0.3 is 6.09 Å². The van der Waals surface area contributed by atoms with Gasteiger partial charge in [-0.3, -0.25) is 10.1 Å². The summed E-state index contributed by atoms with van der Waals surface area (Å²) in [6.45, 7) is 0. The lowest BCUT2D eigenvalue weighted by molar-refractivity contribution is -0.121. The lowest BCUT2D eigenvalue weighted by Crippen LogP contribution is -2.44. The number of imide groups is 1. The van der Waals surface area contributed by atoms with Gasteiger partial charge < -0.3 is 15.2 Å². The molecule has 0 spiro atoms. The van der Waals surface area contributed by atoms with Crippen LogP contribution in [0.1, 0.15) is 5.56 Å². The van der Waals surface area contributed by atoms with Crippen molar-refractivity contribution in [3.8, 4) is 5.75 Å². The maximum Gasteiger partial charge on any atom is 0.413 e. The first kappa shape index (κ1) is 14.0. The fourth-order valence-electron chi connectivity index (χ4n) is 1.39. The van der Waals surface area contributed by atoms with Crippen molar-refractivity contribution in [2.75, 3.05) is 14.2 Å². The van der Waals surface area contributed by atoms with Gasteiger partial charge in [-0.2, -0.15) is 0 Å². The van der Waals surface area contributed by atoms with E-state index in [0.717, 1.165) is 5.56 Å². The van der Waals surface area contributed by atoms with Crippen molar-refractivity contribution in [3.63, 3.8) is 0 Å². The van der Waals surface area contributed by atoms with Gasteiger partial charge in [-0.25, -0.2) is 4.79 Å². The minimum Gasteiger partial charge on any atom is -0.497 e. The van der Waals surface area contributed by atoms with Crippen LogP contribution in [0.25, 0.3) is 0 Å². The highest BCUT2D eigenvalue weighted by Gasteiger charge is 2.17. The fourth-order valence-corrected chi connectivity index (χ4v) is 1.39. The van der Waals surface area contributed by atoms with Crippen molar-refractivity contribution in [3.05, 3.63) is 29.8 Å². The summed E-state index contributed by atoms with van der Waals surface area (Å²) in [4.78, 5) is 22.4. The van der Waals surface area contributed by atoms with Gasteiger partial charge in [-0.05, 0) is 24.1 Å². The zero-order valence-electron chi connectivity index (χ0n) is 10.3. The molecule has 0 saturated heterocycles. The third-order valence-electron chi connectivity index (χ3n) is 2.34. The van der Waals surface area contributed by atoms with E-state index in [2.05, 4.69) is 4.74 Å². The smallest absolute Gasteiger partial charge is 0.413 e. The Hall–Kier alpha value is -2.08. The monoisotopic (exact) mass is 252 g/mol. The summed E-state index contributed by atoms with van der Waals surface area (Å²) in [5.74, 6) is 0.109. The molecule has 6 nitrogen and oxygen atoms in total. The van der Waals surface area contributed by atoms with Crippen molar-refractivity contribution in [2.45, 2.75) is 12.5 Å². The van der Waals surface area contributed by atoms with Gasteiger partial charge in [0.05, 0.1) is 20.3 Å². The lowest BCUT2D eigenvalue weighted by atomic mass is 10.1. The number of hydrogen-bond donors (Lipinski definition) is 2. The number of carbonyl (C=O) groups excluding carboxylic acids is 2. The molecule has 18 heavy (non-hydrogen) atoms. The average molecular weight is 252 g/mol. The lowest BCUT2D eigenvalue weighted by Gasteiger charge is -2.11. The summed E-state index contributed by atoms with van der Waals surface area (Å²) >= 11 is 0. The first-order valence-electron chi connectivity index (χ1n) is 5.34. The van der Waals surface area contributed by atoms with Gasteiger partial charge in [0.2, 0.25) is 5.91 Å². The summed E-state index contributed by atoms with van der Waals surface area (Å²) in [5.41, 5.74) is 6.53. The number of alkyl carbamates (subject to hydrolysis) is 1. The summed E-state index contributed by atoms with van der Waals surface area (Å²) in [5, 5.41) is 2.02. The van der Waals surface area contributed by atoms with Crippen LogP contribution in [0.4, 0.5) is 4.79 Å². The van der Waals surface area contributed by atoms with Gasteiger partial charge in [0, 0.05) is 0 Å². The first-order valence-corrected chi connectivity index (χ1v) is 5.34. The van der Waals surface area contributed by atoms with E-state index < -0.39 is 18.0 Å². The maximum atomic E-state index is 11.5. The van der Waals surface area contributed by atoms with E-state index in [1.165, 1.54) is 7.11 Å². The van der Waals surface area contributed by atoms with Crippen molar-refractivity contribution < 1.29 is 19.1 Å². The molecule has 0 fully saturated rings. The molecule has 1 rings (SSSR count). The van der Waals surface area contributed by atoms with E-state index in [-0.39, 0.29) is 0 Å². The van der Waals surface area contributed by atoms with Crippen LogP contribution < -0.4 is 15.8 Å². The third-order valence-corrected chi connectivity index (χ3v) is 2.34. The van der Waals surface area contributed by atoms with Crippen LogP contribution in [-0.2, 0) is 16.0 Å².